The number of ketones is 1. The minimum atomic E-state index is -3.43. The van der Waals surface area contributed by atoms with E-state index >= 15 is 0 Å². The van der Waals surface area contributed by atoms with Gasteiger partial charge in [-0.15, -0.1) is 5.06 Å². The van der Waals surface area contributed by atoms with Crippen molar-refractivity contribution in [2.75, 3.05) is 24.7 Å². The zero-order chi connectivity index (χ0) is 25.8. The van der Waals surface area contributed by atoms with Gasteiger partial charge in [-0.1, -0.05) is 0 Å². The summed E-state index contributed by atoms with van der Waals surface area (Å²) in [7, 11) is -3.43. The summed E-state index contributed by atoms with van der Waals surface area (Å²) in [6.45, 7) is 7.49. The molecule has 3 heterocycles. The number of carbonyl (C=O) groups is 2. The summed E-state index contributed by atoms with van der Waals surface area (Å²) in [6, 6.07) is 2.88. The molecule has 190 valence electrons. The number of sulfone groups is 1. The number of Topliss-reactive ketones (excluding diaryl/α,β-unsaturated/α-hetero) is 1. The zero-order valence-electron chi connectivity index (χ0n) is 20.3. The standard InChI is InChI=1S/C22H29N5O7S/c1-14(28)18-19(26-15-6-7-17(23-12-15)35(5,30)31)24-13-25-20(18)32-16-8-10-27(11-9-16)34-21(29)33-22(2,3)4/h6-7,12-13,16H,8-11H2,1-5H3,(H,24,25,26). The third-order valence-electron chi connectivity index (χ3n) is 4.82. The van der Waals surface area contributed by atoms with Gasteiger partial charge in [0.2, 0.25) is 5.88 Å². The lowest BCUT2D eigenvalue weighted by Crippen LogP contribution is -2.40. The zero-order valence-corrected chi connectivity index (χ0v) is 21.1. The molecule has 1 saturated heterocycles. The van der Waals surface area contributed by atoms with Crippen molar-refractivity contribution in [1.29, 1.82) is 0 Å². The monoisotopic (exact) mass is 507 g/mol. The van der Waals surface area contributed by atoms with Gasteiger partial charge in [0, 0.05) is 32.2 Å². The third-order valence-corrected chi connectivity index (χ3v) is 5.82. The van der Waals surface area contributed by atoms with Crippen LogP contribution in [0.2, 0.25) is 0 Å². The van der Waals surface area contributed by atoms with Crippen molar-refractivity contribution in [2.45, 2.75) is 57.3 Å². The van der Waals surface area contributed by atoms with Crippen LogP contribution in [0.3, 0.4) is 0 Å². The van der Waals surface area contributed by atoms with Crippen LogP contribution >= 0.6 is 0 Å². The fraction of sp³-hybridized carbons (Fsp3) is 0.500. The number of ether oxygens (including phenoxy) is 2. The van der Waals surface area contributed by atoms with E-state index in [2.05, 4.69) is 20.3 Å². The van der Waals surface area contributed by atoms with Gasteiger partial charge in [-0.25, -0.2) is 28.2 Å². The van der Waals surface area contributed by atoms with Gasteiger partial charge in [0.05, 0.1) is 11.9 Å². The first-order valence-corrected chi connectivity index (χ1v) is 12.8. The van der Waals surface area contributed by atoms with E-state index in [9.17, 15) is 18.0 Å². The smallest absolute Gasteiger partial charge is 0.474 e. The highest BCUT2D eigenvalue weighted by Gasteiger charge is 2.28. The molecule has 0 bridgehead atoms. The number of pyridine rings is 1. The molecule has 2 aromatic rings. The van der Waals surface area contributed by atoms with Gasteiger partial charge in [-0.3, -0.25) is 4.79 Å². The fourth-order valence-corrected chi connectivity index (χ4v) is 3.81. The highest BCUT2D eigenvalue weighted by molar-refractivity contribution is 7.90. The second-order valence-corrected chi connectivity index (χ2v) is 11.0. The average molecular weight is 508 g/mol. The first kappa shape index (κ1) is 26.3. The summed E-state index contributed by atoms with van der Waals surface area (Å²) in [6.07, 6.45) is 3.71. The molecule has 1 aliphatic rings. The molecule has 0 aromatic carbocycles. The molecule has 0 amide bonds. The highest BCUT2D eigenvalue weighted by atomic mass is 32.2. The summed E-state index contributed by atoms with van der Waals surface area (Å²) in [5.74, 6) is 0.0267. The number of carbonyl (C=O) groups excluding carboxylic acids is 2. The number of nitrogens with one attached hydrogen (secondary N) is 1. The van der Waals surface area contributed by atoms with Gasteiger partial charge < -0.3 is 19.6 Å². The van der Waals surface area contributed by atoms with Gasteiger partial charge in [0.1, 0.15) is 29.4 Å². The quantitative estimate of drug-likeness (QED) is 0.433. The Bertz CT molecular complexity index is 1170. The third kappa shape index (κ3) is 7.59. The van der Waals surface area contributed by atoms with E-state index in [0.717, 1.165) is 6.26 Å². The lowest BCUT2D eigenvalue weighted by molar-refractivity contribution is -0.159. The van der Waals surface area contributed by atoms with Crippen molar-refractivity contribution < 1.29 is 32.3 Å². The first-order chi connectivity index (χ1) is 16.3. The first-order valence-electron chi connectivity index (χ1n) is 10.9. The maximum Gasteiger partial charge on any atom is 0.528 e. The van der Waals surface area contributed by atoms with E-state index < -0.39 is 21.6 Å². The van der Waals surface area contributed by atoms with Gasteiger partial charge in [-0.05, 0) is 39.8 Å². The molecule has 0 aliphatic carbocycles. The van der Waals surface area contributed by atoms with Crippen LogP contribution in [0.15, 0.2) is 29.7 Å². The Morgan fingerprint density at radius 3 is 2.34 bits per heavy atom. The Labute approximate surface area is 203 Å². The highest BCUT2D eigenvalue weighted by Crippen LogP contribution is 2.28. The Kier molecular flexibility index (Phi) is 7.90. The maximum atomic E-state index is 12.4. The average Bonchev–Trinajstić information content (AvgIpc) is 2.73. The van der Waals surface area contributed by atoms with E-state index in [4.69, 9.17) is 14.3 Å². The number of rotatable bonds is 7. The molecule has 0 spiro atoms. The van der Waals surface area contributed by atoms with Crippen LogP contribution in [0.5, 0.6) is 5.88 Å². The Hall–Kier alpha value is -3.32. The molecule has 0 saturated carbocycles. The SMILES string of the molecule is CC(=O)c1c(Nc2ccc(S(C)(=O)=O)nc2)ncnc1OC1CCN(OC(=O)OC(C)(C)C)CC1. The van der Waals surface area contributed by atoms with Crippen molar-refractivity contribution in [3.8, 4) is 5.88 Å². The van der Waals surface area contributed by atoms with E-state index in [0.29, 0.717) is 31.6 Å². The second-order valence-electron chi connectivity index (χ2n) is 9.04. The lowest BCUT2D eigenvalue weighted by Gasteiger charge is -2.31. The number of piperidine rings is 1. The molecule has 0 atom stereocenters. The van der Waals surface area contributed by atoms with Crippen LogP contribution in [-0.2, 0) is 19.4 Å². The minimum absolute atomic E-state index is 0.0662. The number of hydrogen-bond donors (Lipinski definition) is 1. The molecule has 12 nitrogen and oxygen atoms in total. The normalized spacial score (nSPS) is 15.3. The number of aromatic nitrogens is 3. The van der Waals surface area contributed by atoms with E-state index in [1.54, 1.807) is 20.8 Å². The van der Waals surface area contributed by atoms with Crippen LogP contribution in [0.25, 0.3) is 0 Å². The molecule has 13 heteroatoms. The molecule has 3 rings (SSSR count). The van der Waals surface area contributed by atoms with Gasteiger partial charge in [0.15, 0.2) is 20.6 Å². The molecule has 1 fully saturated rings. The number of hydroxylamine groups is 2. The topological polar surface area (TPSA) is 150 Å². The Morgan fingerprint density at radius 1 is 1.11 bits per heavy atom. The number of nitrogens with zero attached hydrogens (tertiary/aromatic N) is 4. The Balaban J connectivity index is 1.66. The lowest BCUT2D eigenvalue weighted by atomic mass is 10.1. The largest absolute Gasteiger partial charge is 0.528 e. The summed E-state index contributed by atoms with van der Waals surface area (Å²) in [5.41, 5.74) is -0.0455. The van der Waals surface area contributed by atoms with Crippen molar-refractivity contribution in [3.63, 3.8) is 0 Å². The predicted molar refractivity (Wildman–Crippen MR) is 125 cm³/mol. The van der Waals surface area contributed by atoms with Crippen LogP contribution in [0.4, 0.5) is 16.3 Å². The molecular formula is C22H29N5O7S. The van der Waals surface area contributed by atoms with Crippen molar-refractivity contribution in [1.82, 2.24) is 20.0 Å². The van der Waals surface area contributed by atoms with Crippen LogP contribution in [0, 0.1) is 0 Å². The maximum absolute atomic E-state index is 12.4. The Morgan fingerprint density at radius 2 is 1.80 bits per heavy atom. The van der Waals surface area contributed by atoms with Gasteiger partial charge in [0.25, 0.3) is 0 Å². The molecular weight excluding hydrogens is 478 g/mol. The molecule has 0 unspecified atom stereocenters. The summed E-state index contributed by atoms with van der Waals surface area (Å²) >= 11 is 0. The van der Waals surface area contributed by atoms with Crippen LogP contribution in [0.1, 0.15) is 50.9 Å². The number of hydrogen-bond acceptors (Lipinski definition) is 12. The molecule has 1 aliphatic heterocycles. The molecule has 35 heavy (non-hydrogen) atoms. The minimum Gasteiger partial charge on any atom is -0.474 e. The van der Waals surface area contributed by atoms with Crippen molar-refractivity contribution in [2.24, 2.45) is 0 Å². The van der Waals surface area contributed by atoms with Crippen molar-refractivity contribution in [3.05, 3.63) is 30.2 Å². The second kappa shape index (κ2) is 10.5. The predicted octanol–water partition coefficient (Wildman–Crippen LogP) is 2.93. The van der Waals surface area contributed by atoms with Crippen LogP contribution in [-0.4, -0.2) is 71.4 Å². The summed E-state index contributed by atoms with van der Waals surface area (Å²) in [4.78, 5) is 41.7. The van der Waals surface area contributed by atoms with E-state index in [1.807, 2.05) is 0 Å². The van der Waals surface area contributed by atoms with E-state index in [1.165, 1.54) is 36.6 Å². The molecule has 1 N–H and O–H groups in total. The van der Waals surface area contributed by atoms with Crippen molar-refractivity contribution >= 4 is 33.3 Å². The van der Waals surface area contributed by atoms with Crippen LogP contribution < -0.4 is 10.1 Å². The number of anilines is 2. The van der Waals surface area contributed by atoms with E-state index in [-0.39, 0.29) is 34.2 Å². The molecule has 2 aromatic heterocycles. The summed E-state index contributed by atoms with van der Waals surface area (Å²) < 4.78 is 34.4. The molecule has 0 radical (unpaired) electrons. The fourth-order valence-electron chi connectivity index (χ4n) is 3.25. The van der Waals surface area contributed by atoms with Gasteiger partial charge in [-0.2, -0.15) is 0 Å². The van der Waals surface area contributed by atoms with Gasteiger partial charge >= 0.3 is 6.16 Å². The summed E-state index contributed by atoms with van der Waals surface area (Å²) in [5, 5.41) is 4.42.